The van der Waals surface area contributed by atoms with Crippen LogP contribution >= 0.6 is 0 Å². The first-order valence-corrected chi connectivity index (χ1v) is 5.63. The van der Waals surface area contributed by atoms with E-state index in [1.54, 1.807) is 0 Å². The summed E-state index contributed by atoms with van der Waals surface area (Å²) in [6, 6.07) is 0. The average Bonchev–Trinajstić information content (AvgIpc) is 2.15. The lowest BCUT2D eigenvalue weighted by Crippen LogP contribution is -2.27. The van der Waals surface area contributed by atoms with Gasteiger partial charge in [-0.15, -0.1) is 0 Å². The number of nitrogens with one attached hydrogen (secondary N) is 1. The highest BCUT2D eigenvalue weighted by molar-refractivity contribution is 4.60. The molecule has 3 nitrogen and oxygen atoms in total. The monoisotopic (exact) mass is 203 g/mol. The summed E-state index contributed by atoms with van der Waals surface area (Å²) < 4.78 is 5.41. The fraction of sp³-hybridized carbons (Fsp3) is 1.00. The summed E-state index contributed by atoms with van der Waals surface area (Å²) in [6.07, 6.45) is 2.34. The minimum Gasteiger partial charge on any atom is -0.396 e. The van der Waals surface area contributed by atoms with Crippen LogP contribution in [0.1, 0.15) is 33.6 Å². The van der Waals surface area contributed by atoms with Gasteiger partial charge in [0.25, 0.3) is 0 Å². The van der Waals surface area contributed by atoms with Gasteiger partial charge in [0.15, 0.2) is 0 Å². The van der Waals surface area contributed by atoms with Crippen molar-refractivity contribution in [1.29, 1.82) is 0 Å². The third kappa shape index (κ3) is 8.48. The minimum absolute atomic E-state index is 0.294. The zero-order chi connectivity index (χ0) is 10.8. The SMILES string of the molecule is CCC(CCO)CNCCOC(C)C. The first-order chi connectivity index (χ1) is 6.70. The molecule has 0 rings (SSSR count). The lowest BCUT2D eigenvalue weighted by atomic mass is 10.0. The fourth-order valence-corrected chi connectivity index (χ4v) is 1.31. The van der Waals surface area contributed by atoms with Crippen molar-refractivity contribution < 1.29 is 9.84 Å². The van der Waals surface area contributed by atoms with E-state index in [4.69, 9.17) is 9.84 Å². The van der Waals surface area contributed by atoms with Crippen molar-refractivity contribution in [2.24, 2.45) is 5.92 Å². The van der Waals surface area contributed by atoms with Gasteiger partial charge in [0, 0.05) is 13.2 Å². The van der Waals surface area contributed by atoms with Crippen LogP contribution in [0.3, 0.4) is 0 Å². The molecule has 0 amide bonds. The van der Waals surface area contributed by atoms with Crippen LogP contribution in [-0.2, 0) is 4.74 Å². The van der Waals surface area contributed by atoms with Crippen LogP contribution in [0.25, 0.3) is 0 Å². The Bertz CT molecular complexity index is 118. The van der Waals surface area contributed by atoms with E-state index < -0.39 is 0 Å². The van der Waals surface area contributed by atoms with E-state index in [0.717, 1.165) is 32.5 Å². The lowest BCUT2D eigenvalue weighted by molar-refractivity contribution is 0.0801. The maximum Gasteiger partial charge on any atom is 0.0594 e. The second-order valence-electron chi connectivity index (χ2n) is 3.91. The Hall–Kier alpha value is -0.120. The number of aliphatic hydroxyl groups is 1. The summed E-state index contributed by atoms with van der Waals surface area (Å²) >= 11 is 0. The molecule has 0 bridgehead atoms. The molecular weight excluding hydrogens is 178 g/mol. The Morgan fingerprint density at radius 2 is 2.07 bits per heavy atom. The average molecular weight is 203 g/mol. The summed E-state index contributed by atoms with van der Waals surface area (Å²) in [5.41, 5.74) is 0. The molecule has 3 heteroatoms. The summed E-state index contributed by atoms with van der Waals surface area (Å²) in [7, 11) is 0. The molecule has 14 heavy (non-hydrogen) atoms. The van der Waals surface area contributed by atoms with E-state index in [1.807, 2.05) is 13.8 Å². The zero-order valence-corrected chi connectivity index (χ0v) is 9.75. The summed E-state index contributed by atoms with van der Waals surface area (Å²) in [5.74, 6) is 0.596. The van der Waals surface area contributed by atoms with Crippen molar-refractivity contribution >= 4 is 0 Å². The Labute approximate surface area is 87.8 Å². The quantitative estimate of drug-likeness (QED) is 0.557. The summed E-state index contributed by atoms with van der Waals surface area (Å²) in [5, 5.41) is 12.1. The van der Waals surface area contributed by atoms with Gasteiger partial charge < -0.3 is 15.2 Å². The van der Waals surface area contributed by atoms with Crippen LogP contribution in [0.4, 0.5) is 0 Å². The summed E-state index contributed by atoms with van der Waals surface area (Å²) in [4.78, 5) is 0. The predicted octanol–water partition coefficient (Wildman–Crippen LogP) is 1.41. The molecule has 0 aliphatic heterocycles. The molecule has 0 fully saturated rings. The van der Waals surface area contributed by atoms with Crippen molar-refractivity contribution in [2.75, 3.05) is 26.3 Å². The molecule has 0 aliphatic carbocycles. The van der Waals surface area contributed by atoms with Gasteiger partial charge in [-0.05, 0) is 32.7 Å². The first-order valence-electron chi connectivity index (χ1n) is 5.63. The van der Waals surface area contributed by atoms with Gasteiger partial charge in [-0.3, -0.25) is 0 Å². The normalized spacial score (nSPS) is 13.5. The largest absolute Gasteiger partial charge is 0.396 e. The van der Waals surface area contributed by atoms with Gasteiger partial charge in [-0.25, -0.2) is 0 Å². The maximum atomic E-state index is 8.79. The van der Waals surface area contributed by atoms with Crippen LogP contribution < -0.4 is 5.32 Å². The molecule has 86 valence electrons. The van der Waals surface area contributed by atoms with E-state index in [9.17, 15) is 0 Å². The Morgan fingerprint density at radius 1 is 1.36 bits per heavy atom. The fourth-order valence-electron chi connectivity index (χ4n) is 1.31. The van der Waals surface area contributed by atoms with Crippen LogP contribution in [0.5, 0.6) is 0 Å². The molecule has 0 saturated heterocycles. The molecule has 2 N–H and O–H groups in total. The molecule has 1 unspecified atom stereocenters. The van der Waals surface area contributed by atoms with E-state index in [2.05, 4.69) is 12.2 Å². The van der Waals surface area contributed by atoms with E-state index >= 15 is 0 Å². The van der Waals surface area contributed by atoms with Gasteiger partial charge in [0.2, 0.25) is 0 Å². The smallest absolute Gasteiger partial charge is 0.0594 e. The molecule has 0 spiro atoms. The topological polar surface area (TPSA) is 41.5 Å². The minimum atomic E-state index is 0.294. The van der Waals surface area contributed by atoms with Crippen molar-refractivity contribution in [3.63, 3.8) is 0 Å². The highest BCUT2D eigenvalue weighted by atomic mass is 16.5. The first kappa shape index (κ1) is 13.9. The van der Waals surface area contributed by atoms with Crippen LogP contribution in [0, 0.1) is 5.92 Å². The van der Waals surface area contributed by atoms with E-state index in [1.165, 1.54) is 0 Å². The van der Waals surface area contributed by atoms with Gasteiger partial charge >= 0.3 is 0 Å². The number of aliphatic hydroxyl groups excluding tert-OH is 1. The van der Waals surface area contributed by atoms with Crippen molar-refractivity contribution in [3.8, 4) is 0 Å². The number of hydrogen-bond donors (Lipinski definition) is 2. The van der Waals surface area contributed by atoms with Crippen LogP contribution in [0.15, 0.2) is 0 Å². The Kier molecular flexibility index (Phi) is 9.35. The molecule has 0 aromatic rings. The number of ether oxygens (including phenoxy) is 1. The second kappa shape index (κ2) is 9.44. The third-order valence-electron chi connectivity index (χ3n) is 2.28. The van der Waals surface area contributed by atoms with Gasteiger partial charge in [0.05, 0.1) is 12.7 Å². The van der Waals surface area contributed by atoms with Crippen molar-refractivity contribution in [1.82, 2.24) is 5.32 Å². The van der Waals surface area contributed by atoms with Crippen LogP contribution in [0.2, 0.25) is 0 Å². The number of hydrogen-bond acceptors (Lipinski definition) is 3. The van der Waals surface area contributed by atoms with Crippen molar-refractivity contribution in [3.05, 3.63) is 0 Å². The highest BCUT2D eigenvalue weighted by Crippen LogP contribution is 2.05. The van der Waals surface area contributed by atoms with Crippen LogP contribution in [-0.4, -0.2) is 37.5 Å². The predicted molar refractivity (Wildman–Crippen MR) is 59.4 cm³/mol. The van der Waals surface area contributed by atoms with Gasteiger partial charge in [-0.1, -0.05) is 13.3 Å². The highest BCUT2D eigenvalue weighted by Gasteiger charge is 2.04. The van der Waals surface area contributed by atoms with E-state index in [-0.39, 0.29) is 0 Å². The molecule has 0 aromatic carbocycles. The molecule has 0 heterocycles. The van der Waals surface area contributed by atoms with Gasteiger partial charge in [-0.2, -0.15) is 0 Å². The lowest BCUT2D eigenvalue weighted by Gasteiger charge is -2.14. The molecular formula is C11H25NO2. The maximum absolute atomic E-state index is 8.79. The van der Waals surface area contributed by atoms with Crippen molar-refractivity contribution in [2.45, 2.75) is 39.7 Å². The van der Waals surface area contributed by atoms with Gasteiger partial charge in [0.1, 0.15) is 0 Å². The molecule has 0 aromatic heterocycles. The molecule has 1 atom stereocenters. The zero-order valence-electron chi connectivity index (χ0n) is 9.75. The third-order valence-corrected chi connectivity index (χ3v) is 2.28. The molecule has 0 aliphatic rings. The second-order valence-corrected chi connectivity index (χ2v) is 3.91. The number of rotatable bonds is 9. The molecule has 0 radical (unpaired) electrons. The standard InChI is InChI=1S/C11H25NO2/c1-4-11(5-7-13)9-12-6-8-14-10(2)3/h10-13H,4-9H2,1-3H3. The molecule has 0 saturated carbocycles. The Balaban J connectivity index is 3.24. The van der Waals surface area contributed by atoms with E-state index in [0.29, 0.717) is 18.6 Å². The Morgan fingerprint density at radius 3 is 2.57 bits per heavy atom. The summed E-state index contributed by atoms with van der Waals surface area (Å²) in [6.45, 7) is 9.20.